The molecule has 0 saturated heterocycles. The molecule has 0 spiro atoms. The Bertz CT molecular complexity index is 387. The van der Waals surface area contributed by atoms with E-state index < -0.39 is 0 Å². The second-order valence-corrected chi connectivity index (χ2v) is 7.01. The highest BCUT2D eigenvalue weighted by Gasteiger charge is 2.20. The molecule has 1 aromatic rings. The van der Waals surface area contributed by atoms with Crippen LogP contribution in [0, 0.1) is 5.92 Å². The molecule has 1 aliphatic rings. The minimum absolute atomic E-state index is 0.552. The molecule has 1 aromatic heterocycles. The van der Waals surface area contributed by atoms with Gasteiger partial charge in [-0.1, -0.05) is 43.1 Å². The summed E-state index contributed by atoms with van der Waals surface area (Å²) in [5, 5.41) is 3.03. The number of rotatable bonds is 3. The summed E-state index contributed by atoms with van der Waals surface area (Å²) >= 11 is 9.40. The van der Waals surface area contributed by atoms with E-state index in [1.165, 1.54) is 37.4 Å². The first kappa shape index (κ1) is 13.5. The summed E-state index contributed by atoms with van der Waals surface area (Å²) in [6.45, 7) is 2.34. The summed E-state index contributed by atoms with van der Waals surface area (Å²) in [7, 11) is 0. The van der Waals surface area contributed by atoms with E-state index in [1.807, 2.05) is 24.1 Å². The Morgan fingerprint density at radius 3 is 2.88 bits per heavy atom. The molecule has 2 unspecified atom stereocenters. The van der Waals surface area contributed by atoms with Crippen LogP contribution in [0.25, 0.3) is 0 Å². The average Bonchev–Trinajstić information content (AvgIpc) is 2.28. The Morgan fingerprint density at radius 2 is 2.18 bits per heavy atom. The summed E-state index contributed by atoms with van der Waals surface area (Å²) in [6.07, 6.45) is 7.28. The molecular formula is C12H17ClN2S2. The molecule has 0 aliphatic heterocycles. The second-order valence-electron chi connectivity index (χ2n) is 4.53. The van der Waals surface area contributed by atoms with Crippen molar-refractivity contribution < 1.29 is 0 Å². The van der Waals surface area contributed by atoms with Gasteiger partial charge in [0.05, 0.1) is 0 Å². The van der Waals surface area contributed by atoms with Crippen molar-refractivity contribution in [1.82, 2.24) is 9.97 Å². The predicted octanol–water partition coefficient (Wildman–Crippen LogP) is 4.52. The van der Waals surface area contributed by atoms with Crippen LogP contribution in [0.3, 0.4) is 0 Å². The van der Waals surface area contributed by atoms with Crippen molar-refractivity contribution in [3.63, 3.8) is 0 Å². The third-order valence-corrected chi connectivity index (χ3v) is 4.96. The molecule has 1 heterocycles. The lowest BCUT2D eigenvalue weighted by Crippen LogP contribution is -2.15. The van der Waals surface area contributed by atoms with Crippen LogP contribution in [0.1, 0.15) is 32.6 Å². The highest BCUT2D eigenvalue weighted by molar-refractivity contribution is 8.00. The number of aromatic nitrogens is 2. The lowest BCUT2D eigenvalue weighted by atomic mass is 9.91. The average molecular weight is 289 g/mol. The maximum absolute atomic E-state index is 6.00. The summed E-state index contributed by atoms with van der Waals surface area (Å²) in [4.78, 5) is 8.67. The van der Waals surface area contributed by atoms with E-state index in [0.29, 0.717) is 10.4 Å². The lowest BCUT2D eigenvalue weighted by Gasteiger charge is -2.25. The first-order chi connectivity index (χ1) is 8.17. The molecule has 0 bridgehead atoms. The fraction of sp³-hybridized carbons (Fsp3) is 0.667. The molecule has 2 rings (SSSR count). The molecule has 1 aliphatic carbocycles. The molecule has 17 heavy (non-hydrogen) atoms. The van der Waals surface area contributed by atoms with E-state index in [1.54, 1.807) is 0 Å². The highest BCUT2D eigenvalue weighted by atomic mass is 35.5. The second kappa shape index (κ2) is 6.30. The monoisotopic (exact) mass is 288 g/mol. The first-order valence-electron chi connectivity index (χ1n) is 5.92. The number of nitrogens with zero attached hydrogens (tertiary/aromatic N) is 2. The van der Waals surface area contributed by atoms with Crippen LogP contribution < -0.4 is 0 Å². The third kappa shape index (κ3) is 4.04. The largest absolute Gasteiger partial charge is 0.216 e. The van der Waals surface area contributed by atoms with Crippen LogP contribution in [0.5, 0.6) is 0 Å². The third-order valence-electron chi connectivity index (χ3n) is 3.01. The normalized spacial score (nSPS) is 24.9. The highest BCUT2D eigenvalue weighted by Crippen LogP contribution is 2.36. The summed E-state index contributed by atoms with van der Waals surface area (Å²) in [5.74, 6) is 0.846. The minimum Gasteiger partial charge on any atom is -0.216 e. The van der Waals surface area contributed by atoms with Crippen molar-refractivity contribution in [2.24, 2.45) is 5.92 Å². The SMILES string of the molecule is CSc1nc(Cl)cc(SC2CCCC(C)C2)n1. The van der Waals surface area contributed by atoms with E-state index in [9.17, 15) is 0 Å². The zero-order chi connectivity index (χ0) is 12.3. The van der Waals surface area contributed by atoms with Gasteiger partial charge in [-0.05, 0) is 25.0 Å². The van der Waals surface area contributed by atoms with Gasteiger partial charge in [-0.3, -0.25) is 0 Å². The van der Waals surface area contributed by atoms with Crippen LogP contribution >= 0.6 is 35.1 Å². The Morgan fingerprint density at radius 1 is 1.35 bits per heavy atom. The number of hydrogen-bond donors (Lipinski definition) is 0. The zero-order valence-corrected chi connectivity index (χ0v) is 12.5. The molecule has 0 radical (unpaired) electrons. The van der Waals surface area contributed by atoms with E-state index in [-0.39, 0.29) is 0 Å². The molecule has 0 aromatic carbocycles. The number of hydrogen-bond acceptors (Lipinski definition) is 4. The Balaban J connectivity index is 2.04. The van der Waals surface area contributed by atoms with Gasteiger partial charge in [-0.15, -0.1) is 11.8 Å². The van der Waals surface area contributed by atoms with Crippen molar-refractivity contribution in [1.29, 1.82) is 0 Å². The summed E-state index contributed by atoms with van der Waals surface area (Å²) in [6, 6.07) is 1.88. The van der Waals surface area contributed by atoms with Crippen LogP contribution in [0.15, 0.2) is 16.2 Å². The van der Waals surface area contributed by atoms with Gasteiger partial charge in [0.2, 0.25) is 0 Å². The summed E-state index contributed by atoms with van der Waals surface area (Å²) in [5.41, 5.74) is 0. The van der Waals surface area contributed by atoms with Gasteiger partial charge < -0.3 is 0 Å². The van der Waals surface area contributed by atoms with Crippen LogP contribution in [0.4, 0.5) is 0 Å². The van der Waals surface area contributed by atoms with Crippen molar-refractivity contribution in [2.45, 2.75) is 48.0 Å². The van der Waals surface area contributed by atoms with Gasteiger partial charge in [0.1, 0.15) is 10.2 Å². The van der Waals surface area contributed by atoms with Gasteiger partial charge >= 0.3 is 0 Å². The zero-order valence-electron chi connectivity index (χ0n) is 10.1. The minimum atomic E-state index is 0.552. The van der Waals surface area contributed by atoms with Crippen molar-refractivity contribution in [3.8, 4) is 0 Å². The Labute approximate surface area is 116 Å². The number of thioether (sulfide) groups is 2. The quantitative estimate of drug-likeness (QED) is 0.464. The Kier molecular flexibility index (Phi) is 5.00. The lowest BCUT2D eigenvalue weighted by molar-refractivity contribution is 0.394. The maximum atomic E-state index is 6.00. The Hall–Kier alpha value is 0.0700. The predicted molar refractivity (Wildman–Crippen MR) is 76.1 cm³/mol. The molecular weight excluding hydrogens is 272 g/mol. The molecule has 1 saturated carbocycles. The molecule has 2 nitrogen and oxygen atoms in total. The molecule has 2 atom stereocenters. The fourth-order valence-electron chi connectivity index (χ4n) is 2.19. The fourth-order valence-corrected chi connectivity index (χ4v) is 4.29. The van der Waals surface area contributed by atoms with E-state index >= 15 is 0 Å². The van der Waals surface area contributed by atoms with Gasteiger partial charge in [0.25, 0.3) is 0 Å². The maximum Gasteiger partial charge on any atom is 0.189 e. The van der Waals surface area contributed by atoms with Crippen molar-refractivity contribution in [2.75, 3.05) is 6.26 Å². The van der Waals surface area contributed by atoms with E-state index in [2.05, 4.69) is 16.9 Å². The van der Waals surface area contributed by atoms with Crippen molar-refractivity contribution >= 4 is 35.1 Å². The molecule has 5 heteroatoms. The number of halogens is 1. The summed E-state index contributed by atoms with van der Waals surface area (Å²) < 4.78 is 0. The smallest absolute Gasteiger partial charge is 0.189 e. The molecule has 1 fully saturated rings. The van der Waals surface area contributed by atoms with Crippen molar-refractivity contribution in [3.05, 3.63) is 11.2 Å². The first-order valence-corrected chi connectivity index (χ1v) is 8.41. The topological polar surface area (TPSA) is 25.8 Å². The molecule has 0 N–H and O–H groups in total. The van der Waals surface area contributed by atoms with Crippen LogP contribution in [-0.4, -0.2) is 21.5 Å². The van der Waals surface area contributed by atoms with Crippen LogP contribution in [0.2, 0.25) is 5.15 Å². The van der Waals surface area contributed by atoms with Gasteiger partial charge in [0.15, 0.2) is 5.16 Å². The van der Waals surface area contributed by atoms with Gasteiger partial charge in [0, 0.05) is 11.3 Å². The molecule has 94 valence electrons. The van der Waals surface area contributed by atoms with Gasteiger partial charge in [-0.2, -0.15) is 0 Å². The van der Waals surface area contributed by atoms with E-state index in [4.69, 9.17) is 11.6 Å². The standard InChI is InChI=1S/C12H17ClN2S2/c1-8-4-3-5-9(6-8)17-11-7-10(13)14-12(15-11)16-2/h7-9H,3-6H2,1-2H3. The van der Waals surface area contributed by atoms with E-state index in [0.717, 1.165) is 16.1 Å². The van der Waals surface area contributed by atoms with Gasteiger partial charge in [-0.25, -0.2) is 9.97 Å². The van der Waals surface area contributed by atoms with Crippen LogP contribution in [-0.2, 0) is 0 Å². The molecule has 0 amide bonds.